The Bertz CT molecular complexity index is 1450. The lowest BCUT2D eigenvalue weighted by molar-refractivity contribution is 0.293. The van der Waals surface area contributed by atoms with Crippen LogP contribution in [0.4, 0.5) is 11.4 Å². The predicted octanol–water partition coefficient (Wildman–Crippen LogP) is 3.76. The summed E-state index contributed by atoms with van der Waals surface area (Å²) < 4.78 is 62.2. The minimum Gasteiger partial charge on any atom is -0.496 e. The number of hydrogen-bond donors (Lipinski definition) is 0. The number of rotatable bonds is 7. The van der Waals surface area contributed by atoms with Gasteiger partial charge in [0.2, 0.25) is 25.9 Å². The number of hydrogen-bond acceptors (Lipinski definition) is 9. The number of ether oxygens (including phenoxy) is 1. The summed E-state index contributed by atoms with van der Waals surface area (Å²) in [6.45, 7) is 5.60. The van der Waals surface area contributed by atoms with Crippen molar-refractivity contribution in [2.75, 3.05) is 41.3 Å². The van der Waals surface area contributed by atoms with Crippen molar-refractivity contribution in [3.8, 4) is 28.6 Å². The van der Waals surface area contributed by atoms with E-state index < -0.39 is 20.0 Å². The summed E-state index contributed by atoms with van der Waals surface area (Å²) in [6.07, 6.45) is 3.67. The fourth-order valence-electron chi connectivity index (χ4n) is 4.58. The zero-order valence-electron chi connectivity index (χ0n) is 20.9. The summed E-state index contributed by atoms with van der Waals surface area (Å²) in [5.74, 6) is 0.965. The van der Waals surface area contributed by atoms with Crippen LogP contribution in [0.15, 0.2) is 47.0 Å². The minimum absolute atomic E-state index is 0.00860. The first-order chi connectivity index (χ1) is 16.8. The van der Waals surface area contributed by atoms with E-state index in [0.717, 1.165) is 25.4 Å². The van der Waals surface area contributed by atoms with Crippen LogP contribution in [0.25, 0.3) is 22.8 Å². The number of piperidine rings is 1. The first-order valence-electron chi connectivity index (χ1n) is 11.4. The second-order valence-corrected chi connectivity index (χ2v) is 13.6. The molecule has 0 amide bonds. The van der Waals surface area contributed by atoms with Gasteiger partial charge in [0.15, 0.2) is 0 Å². The van der Waals surface area contributed by atoms with E-state index in [1.54, 1.807) is 24.3 Å². The average Bonchev–Trinajstić information content (AvgIpc) is 3.26. The number of aromatic nitrogens is 2. The normalized spacial score (nSPS) is 16.1. The highest BCUT2D eigenvalue weighted by atomic mass is 32.3. The van der Waals surface area contributed by atoms with E-state index in [1.807, 2.05) is 17.0 Å². The van der Waals surface area contributed by atoms with Gasteiger partial charge in [0.1, 0.15) is 5.75 Å². The molecule has 12 heteroatoms. The lowest BCUT2D eigenvalue weighted by Crippen LogP contribution is -2.42. The third kappa shape index (κ3) is 5.34. The quantitative estimate of drug-likeness (QED) is 0.446. The lowest BCUT2D eigenvalue weighted by Gasteiger charge is -2.40. The Hall–Kier alpha value is -3.12. The van der Waals surface area contributed by atoms with Crippen molar-refractivity contribution >= 4 is 31.4 Å². The molecule has 1 aromatic heterocycles. The van der Waals surface area contributed by atoms with Crippen LogP contribution in [0.1, 0.15) is 26.7 Å². The van der Waals surface area contributed by atoms with Gasteiger partial charge < -0.3 is 14.2 Å². The second-order valence-electron chi connectivity index (χ2n) is 9.74. The number of anilines is 2. The van der Waals surface area contributed by atoms with E-state index in [-0.39, 0.29) is 22.8 Å². The molecule has 0 spiro atoms. The van der Waals surface area contributed by atoms with E-state index in [9.17, 15) is 16.8 Å². The fourth-order valence-corrected chi connectivity index (χ4v) is 7.56. The van der Waals surface area contributed by atoms with Crippen LogP contribution in [0, 0.1) is 5.41 Å². The van der Waals surface area contributed by atoms with Crippen LogP contribution in [-0.4, -0.2) is 59.7 Å². The van der Waals surface area contributed by atoms with Crippen LogP contribution < -0.4 is 13.3 Å². The molecule has 4 rings (SSSR count). The smallest absolute Gasteiger partial charge is 0.258 e. The van der Waals surface area contributed by atoms with Crippen LogP contribution in [0.2, 0.25) is 0 Å². The average molecular weight is 535 g/mol. The van der Waals surface area contributed by atoms with Gasteiger partial charge in [-0.2, -0.15) is 8.69 Å². The van der Waals surface area contributed by atoms with Crippen molar-refractivity contribution in [3.63, 3.8) is 0 Å². The molecule has 0 radical (unpaired) electrons. The van der Waals surface area contributed by atoms with Crippen molar-refractivity contribution in [2.24, 2.45) is 5.41 Å². The molecule has 0 N–H and O–H groups in total. The molecule has 36 heavy (non-hydrogen) atoms. The SMILES string of the molecule is COc1ccccc1-c1noc(-c2ccc(N3CCCC(C)(C)C3)c(N(S(C)(=O)=O)S(C)(=O)=O)c2)n1. The summed E-state index contributed by atoms with van der Waals surface area (Å²) in [7, 11) is -6.81. The summed E-state index contributed by atoms with van der Waals surface area (Å²) in [6, 6.07) is 12.1. The van der Waals surface area contributed by atoms with E-state index in [4.69, 9.17) is 9.26 Å². The zero-order chi connectivity index (χ0) is 26.3. The van der Waals surface area contributed by atoms with Gasteiger partial charge in [0.05, 0.1) is 36.6 Å². The molecule has 10 nitrogen and oxygen atoms in total. The largest absolute Gasteiger partial charge is 0.496 e. The summed E-state index contributed by atoms with van der Waals surface area (Å²) in [5.41, 5.74) is 1.53. The van der Waals surface area contributed by atoms with Crippen LogP contribution in [-0.2, 0) is 20.0 Å². The number of methoxy groups -OCH3 is 1. The second kappa shape index (κ2) is 9.40. The molecule has 1 fully saturated rings. The molecule has 2 heterocycles. The lowest BCUT2D eigenvalue weighted by atomic mass is 9.84. The van der Waals surface area contributed by atoms with Gasteiger partial charge in [-0.15, -0.1) is 0 Å². The standard InChI is InChI=1S/C24H30N4O6S2/c1-24(2)13-8-14-27(16-24)19-12-11-17(15-20(19)28(35(4,29)30)36(5,31)32)23-25-22(26-34-23)18-9-6-7-10-21(18)33-3/h6-7,9-12,15H,8,13-14,16H2,1-5H3. The Balaban J connectivity index is 1.86. The first kappa shape index (κ1) is 26.0. The third-order valence-electron chi connectivity index (χ3n) is 6.04. The molecule has 0 atom stereocenters. The molecule has 1 aliphatic rings. The van der Waals surface area contributed by atoms with Crippen molar-refractivity contribution in [3.05, 3.63) is 42.5 Å². The Kier molecular flexibility index (Phi) is 6.78. The van der Waals surface area contributed by atoms with Gasteiger partial charge in [-0.25, -0.2) is 16.8 Å². The zero-order valence-corrected chi connectivity index (χ0v) is 22.6. The molecule has 0 saturated carbocycles. The number of nitrogens with zero attached hydrogens (tertiary/aromatic N) is 4. The Labute approximate surface area is 212 Å². The van der Waals surface area contributed by atoms with Gasteiger partial charge in [-0.05, 0) is 48.6 Å². The molecular weight excluding hydrogens is 504 g/mol. The van der Waals surface area contributed by atoms with E-state index in [2.05, 4.69) is 24.0 Å². The Morgan fingerprint density at radius 1 is 1.06 bits per heavy atom. The highest BCUT2D eigenvalue weighted by molar-refractivity contribution is 8.09. The Morgan fingerprint density at radius 2 is 1.75 bits per heavy atom. The molecule has 0 unspecified atom stereocenters. The maximum absolute atomic E-state index is 12.7. The number of benzene rings is 2. The van der Waals surface area contributed by atoms with E-state index >= 15 is 0 Å². The van der Waals surface area contributed by atoms with Gasteiger partial charge in [0.25, 0.3) is 5.89 Å². The van der Waals surface area contributed by atoms with Crippen LogP contribution >= 0.6 is 0 Å². The summed E-state index contributed by atoms with van der Waals surface area (Å²) in [4.78, 5) is 6.49. The van der Waals surface area contributed by atoms with Crippen molar-refractivity contribution < 1.29 is 26.1 Å². The molecule has 194 valence electrons. The maximum atomic E-state index is 12.7. The molecule has 3 aromatic rings. The molecule has 0 bridgehead atoms. The third-order valence-corrected chi connectivity index (χ3v) is 9.26. The summed E-state index contributed by atoms with van der Waals surface area (Å²) >= 11 is 0. The Morgan fingerprint density at radius 3 is 2.39 bits per heavy atom. The molecule has 0 aliphatic carbocycles. The molecular formula is C24H30N4O6S2. The van der Waals surface area contributed by atoms with Gasteiger partial charge >= 0.3 is 0 Å². The highest BCUT2D eigenvalue weighted by Gasteiger charge is 2.34. The van der Waals surface area contributed by atoms with Gasteiger partial charge in [0, 0.05) is 18.7 Å². The molecule has 1 saturated heterocycles. The van der Waals surface area contributed by atoms with Gasteiger partial charge in [-0.3, -0.25) is 0 Å². The van der Waals surface area contributed by atoms with E-state index in [1.165, 1.54) is 13.2 Å². The molecule has 1 aliphatic heterocycles. The number of sulfonamides is 2. The van der Waals surface area contributed by atoms with Crippen molar-refractivity contribution in [1.82, 2.24) is 10.1 Å². The van der Waals surface area contributed by atoms with Crippen LogP contribution in [0.5, 0.6) is 5.75 Å². The highest BCUT2D eigenvalue weighted by Crippen LogP contribution is 2.40. The fraction of sp³-hybridized carbons (Fsp3) is 0.417. The molecule has 2 aromatic carbocycles. The van der Waals surface area contributed by atoms with Crippen molar-refractivity contribution in [1.29, 1.82) is 0 Å². The number of para-hydroxylation sites is 1. The van der Waals surface area contributed by atoms with Crippen molar-refractivity contribution in [2.45, 2.75) is 26.7 Å². The minimum atomic E-state index is -4.18. The van der Waals surface area contributed by atoms with E-state index in [0.29, 0.717) is 39.4 Å². The monoisotopic (exact) mass is 534 g/mol. The van der Waals surface area contributed by atoms with Gasteiger partial charge in [-0.1, -0.05) is 31.1 Å². The maximum Gasteiger partial charge on any atom is 0.258 e. The van der Waals surface area contributed by atoms with Crippen LogP contribution in [0.3, 0.4) is 0 Å². The first-order valence-corrected chi connectivity index (χ1v) is 15.1. The topological polar surface area (TPSA) is 123 Å². The summed E-state index contributed by atoms with van der Waals surface area (Å²) in [5, 5.41) is 4.05. The predicted molar refractivity (Wildman–Crippen MR) is 139 cm³/mol.